The van der Waals surface area contributed by atoms with Gasteiger partial charge < -0.3 is 10.3 Å². The van der Waals surface area contributed by atoms with Crippen molar-refractivity contribution in [2.75, 3.05) is 5.32 Å². The number of H-pyrrole nitrogens is 1. The Morgan fingerprint density at radius 2 is 2.29 bits per heavy atom. The molecule has 0 spiro atoms. The Hall–Kier alpha value is -1.36. The van der Waals surface area contributed by atoms with Crippen molar-refractivity contribution in [2.45, 2.75) is 0 Å². The van der Waals surface area contributed by atoms with Gasteiger partial charge in [0.15, 0.2) is 0 Å². The van der Waals surface area contributed by atoms with Crippen LogP contribution in [0, 0.1) is 5.82 Å². The number of hydrogen-bond donors (Lipinski definition) is 2. The summed E-state index contributed by atoms with van der Waals surface area (Å²) in [6.07, 6.45) is 3.26. The number of anilines is 2. The summed E-state index contributed by atoms with van der Waals surface area (Å²) in [4.78, 5) is 6.76. The molecule has 0 fully saturated rings. The Labute approximate surface area is 88.5 Å². The smallest absolute Gasteiger partial charge is 0.204 e. The van der Waals surface area contributed by atoms with Crippen LogP contribution in [0.4, 0.5) is 16.0 Å². The van der Waals surface area contributed by atoms with Crippen molar-refractivity contribution in [1.82, 2.24) is 9.97 Å². The Bertz CT molecular complexity index is 428. The summed E-state index contributed by atoms with van der Waals surface area (Å²) in [5, 5.41) is 2.82. The highest BCUT2D eigenvalue weighted by atomic mass is 79.9. The molecule has 2 aromatic rings. The predicted molar refractivity (Wildman–Crippen MR) is 56.0 cm³/mol. The first-order valence-electron chi connectivity index (χ1n) is 3.97. The van der Waals surface area contributed by atoms with E-state index in [0.717, 1.165) is 0 Å². The third kappa shape index (κ3) is 1.93. The van der Waals surface area contributed by atoms with E-state index in [1.807, 2.05) is 0 Å². The number of aromatic nitrogens is 2. The lowest BCUT2D eigenvalue weighted by molar-refractivity contribution is 0.631. The summed E-state index contributed by atoms with van der Waals surface area (Å²) in [6.45, 7) is 0. The number of halogens is 2. The van der Waals surface area contributed by atoms with Crippen molar-refractivity contribution in [2.24, 2.45) is 0 Å². The summed E-state index contributed by atoms with van der Waals surface area (Å²) >= 11 is 3.18. The van der Waals surface area contributed by atoms with Crippen molar-refractivity contribution in [1.29, 1.82) is 0 Å². The molecule has 2 N–H and O–H groups in total. The molecule has 0 saturated heterocycles. The van der Waals surface area contributed by atoms with E-state index < -0.39 is 0 Å². The van der Waals surface area contributed by atoms with Gasteiger partial charge in [-0.1, -0.05) is 15.9 Å². The zero-order valence-corrected chi connectivity index (χ0v) is 8.68. The van der Waals surface area contributed by atoms with E-state index in [2.05, 4.69) is 31.2 Å². The van der Waals surface area contributed by atoms with Gasteiger partial charge in [-0.25, -0.2) is 9.37 Å². The van der Waals surface area contributed by atoms with Gasteiger partial charge in [0.05, 0.1) is 5.69 Å². The highest BCUT2D eigenvalue weighted by molar-refractivity contribution is 9.10. The first-order chi connectivity index (χ1) is 6.75. The third-order valence-corrected chi connectivity index (χ3v) is 2.18. The topological polar surface area (TPSA) is 40.7 Å². The van der Waals surface area contributed by atoms with Crippen LogP contribution in [-0.4, -0.2) is 9.97 Å². The molecule has 1 heterocycles. The normalized spacial score (nSPS) is 10.1. The summed E-state index contributed by atoms with van der Waals surface area (Å²) in [5.74, 6) is 0.196. The highest BCUT2D eigenvalue weighted by Gasteiger charge is 2.03. The van der Waals surface area contributed by atoms with Crippen LogP contribution in [0.15, 0.2) is 35.1 Å². The van der Waals surface area contributed by atoms with E-state index in [0.29, 0.717) is 16.1 Å². The molecule has 0 aliphatic carbocycles. The number of nitrogens with one attached hydrogen (secondary N) is 2. The molecule has 0 radical (unpaired) electrons. The zero-order chi connectivity index (χ0) is 9.97. The number of hydrogen-bond acceptors (Lipinski definition) is 2. The van der Waals surface area contributed by atoms with Crippen LogP contribution in [0.25, 0.3) is 0 Å². The van der Waals surface area contributed by atoms with Crippen molar-refractivity contribution in [3.05, 3.63) is 40.9 Å². The molecular formula is C9H7BrFN3. The molecule has 0 saturated carbocycles. The lowest BCUT2D eigenvalue weighted by Crippen LogP contribution is -1.94. The van der Waals surface area contributed by atoms with Crippen molar-refractivity contribution in [3.8, 4) is 0 Å². The van der Waals surface area contributed by atoms with E-state index in [1.165, 1.54) is 6.07 Å². The molecule has 1 aromatic carbocycles. The molecule has 3 nitrogen and oxygen atoms in total. The summed E-state index contributed by atoms with van der Waals surface area (Å²) in [7, 11) is 0. The van der Waals surface area contributed by atoms with E-state index in [-0.39, 0.29) is 5.82 Å². The first-order valence-corrected chi connectivity index (χ1v) is 4.76. The molecule has 0 amide bonds. The van der Waals surface area contributed by atoms with Crippen molar-refractivity contribution < 1.29 is 4.39 Å². The van der Waals surface area contributed by atoms with Crippen LogP contribution >= 0.6 is 15.9 Å². The second kappa shape index (κ2) is 3.79. The second-order valence-electron chi connectivity index (χ2n) is 2.69. The Balaban J connectivity index is 2.25. The highest BCUT2D eigenvalue weighted by Crippen LogP contribution is 2.21. The SMILES string of the molecule is Fc1cc(Br)ccc1Nc1ncc[nH]1. The van der Waals surface area contributed by atoms with Gasteiger partial charge in [-0.05, 0) is 18.2 Å². The minimum atomic E-state index is -0.323. The minimum Gasteiger partial charge on any atom is -0.331 e. The van der Waals surface area contributed by atoms with Crippen LogP contribution in [-0.2, 0) is 0 Å². The van der Waals surface area contributed by atoms with Gasteiger partial charge in [0, 0.05) is 16.9 Å². The molecule has 2 rings (SSSR count). The minimum absolute atomic E-state index is 0.323. The van der Waals surface area contributed by atoms with Crippen LogP contribution in [0.1, 0.15) is 0 Å². The molecule has 0 atom stereocenters. The van der Waals surface area contributed by atoms with E-state index >= 15 is 0 Å². The van der Waals surface area contributed by atoms with Crippen LogP contribution in [0.3, 0.4) is 0 Å². The van der Waals surface area contributed by atoms with Crippen molar-refractivity contribution >= 4 is 27.6 Å². The molecule has 0 aliphatic rings. The van der Waals surface area contributed by atoms with Gasteiger partial charge in [0.1, 0.15) is 5.82 Å². The van der Waals surface area contributed by atoms with Crippen LogP contribution in [0.5, 0.6) is 0 Å². The lowest BCUT2D eigenvalue weighted by atomic mass is 10.3. The molecular weight excluding hydrogens is 249 g/mol. The number of rotatable bonds is 2. The largest absolute Gasteiger partial charge is 0.331 e. The number of imidazole rings is 1. The first kappa shape index (κ1) is 9.21. The van der Waals surface area contributed by atoms with Gasteiger partial charge in [-0.3, -0.25) is 0 Å². The Morgan fingerprint density at radius 1 is 1.43 bits per heavy atom. The van der Waals surface area contributed by atoms with Gasteiger partial charge in [0.2, 0.25) is 5.95 Å². The number of benzene rings is 1. The predicted octanol–water partition coefficient (Wildman–Crippen LogP) is 3.05. The molecule has 5 heteroatoms. The standard InChI is InChI=1S/C9H7BrFN3/c10-6-1-2-8(7(11)5-6)14-9-12-3-4-13-9/h1-5H,(H2,12,13,14). The Kier molecular flexibility index (Phi) is 2.49. The van der Waals surface area contributed by atoms with E-state index in [9.17, 15) is 4.39 Å². The van der Waals surface area contributed by atoms with Gasteiger partial charge in [-0.2, -0.15) is 0 Å². The molecule has 0 unspecified atom stereocenters. The molecule has 14 heavy (non-hydrogen) atoms. The van der Waals surface area contributed by atoms with Crippen molar-refractivity contribution in [3.63, 3.8) is 0 Å². The second-order valence-corrected chi connectivity index (χ2v) is 3.60. The van der Waals surface area contributed by atoms with Gasteiger partial charge in [0.25, 0.3) is 0 Å². The van der Waals surface area contributed by atoms with Gasteiger partial charge in [-0.15, -0.1) is 0 Å². The Morgan fingerprint density at radius 3 is 2.93 bits per heavy atom. The quantitative estimate of drug-likeness (QED) is 0.866. The summed E-state index contributed by atoms with van der Waals surface area (Å²) in [6, 6.07) is 4.79. The molecule has 72 valence electrons. The van der Waals surface area contributed by atoms with Crippen LogP contribution < -0.4 is 5.32 Å². The molecule has 1 aromatic heterocycles. The van der Waals surface area contributed by atoms with E-state index in [4.69, 9.17) is 0 Å². The average molecular weight is 256 g/mol. The summed E-state index contributed by atoms with van der Waals surface area (Å²) < 4.78 is 14.0. The number of nitrogens with zero attached hydrogens (tertiary/aromatic N) is 1. The maximum atomic E-state index is 13.3. The fourth-order valence-electron chi connectivity index (χ4n) is 1.05. The zero-order valence-electron chi connectivity index (χ0n) is 7.09. The fourth-order valence-corrected chi connectivity index (χ4v) is 1.39. The third-order valence-electron chi connectivity index (χ3n) is 1.68. The van der Waals surface area contributed by atoms with Crippen LogP contribution in [0.2, 0.25) is 0 Å². The number of aromatic amines is 1. The lowest BCUT2D eigenvalue weighted by Gasteiger charge is -2.03. The molecule has 0 aliphatic heterocycles. The maximum Gasteiger partial charge on any atom is 0.204 e. The average Bonchev–Trinajstić information content (AvgIpc) is 2.62. The molecule has 0 bridgehead atoms. The summed E-state index contributed by atoms with van der Waals surface area (Å²) in [5.41, 5.74) is 0.392. The monoisotopic (exact) mass is 255 g/mol. The van der Waals surface area contributed by atoms with Gasteiger partial charge >= 0.3 is 0 Å². The maximum absolute atomic E-state index is 13.3. The van der Waals surface area contributed by atoms with E-state index in [1.54, 1.807) is 24.5 Å². The fraction of sp³-hybridized carbons (Fsp3) is 0.